The molecule has 0 spiro atoms. The monoisotopic (exact) mass is 478 g/mol. The molecule has 0 saturated carbocycles. The van der Waals surface area contributed by atoms with Gasteiger partial charge >= 0.3 is 0 Å². The van der Waals surface area contributed by atoms with Crippen LogP contribution in [0, 0.1) is 0 Å². The maximum absolute atomic E-state index is 12.9. The molecule has 0 amide bonds. The molecule has 0 saturated heterocycles. The lowest BCUT2D eigenvalue weighted by atomic mass is 9.95. The van der Waals surface area contributed by atoms with Gasteiger partial charge in [-0.15, -0.1) is 0 Å². The fourth-order valence-electron chi connectivity index (χ4n) is 3.35. The second kappa shape index (κ2) is 10.5. The maximum Gasteiger partial charge on any atom is 0.233 e. The van der Waals surface area contributed by atoms with Gasteiger partial charge in [-0.2, -0.15) is 0 Å². The lowest BCUT2D eigenvalue weighted by Gasteiger charge is -2.10. The Morgan fingerprint density at radius 1 is 0.486 bits per heavy atom. The van der Waals surface area contributed by atoms with Crippen molar-refractivity contribution in [3.63, 3.8) is 0 Å². The third-order valence-corrected chi connectivity index (χ3v) is 5.15. The first kappa shape index (κ1) is 25.0. The van der Waals surface area contributed by atoms with E-state index >= 15 is 0 Å². The number of hydrogen-bond donors (Lipinski definition) is 1. The summed E-state index contributed by atoms with van der Waals surface area (Å²) < 4.78 is 20.6. The number of aromatic hydroxyl groups is 1. The molecule has 0 bridgehead atoms. The van der Waals surface area contributed by atoms with E-state index in [-0.39, 0.29) is 33.8 Å². The molecule has 180 valence electrons. The first-order valence-electron chi connectivity index (χ1n) is 10.2. The Morgan fingerprint density at radius 2 is 0.829 bits per heavy atom. The zero-order valence-corrected chi connectivity index (χ0v) is 19.4. The van der Waals surface area contributed by atoms with Crippen LogP contribution in [0.2, 0.25) is 0 Å². The lowest BCUT2D eigenvalue weighted by molar-refractivity contribution is 0.0812. The smallest absolute Gasteiger partial charge is 0.233 e. The van der Waals surface area contributed by atoms with Crippen LogP contribution in [-0.2, 0) is 0 Å². The number of phenolic OH excluding ortho intramolecular Hbond substituents is 1. The minimum atomic E-state index is -0.985. The Labute approximate surface area is 200 Å². The summed E-state index contributed by atoms with van der Waals surface area (Å²) in [7, 11) is 5.63. The number of methoxy groups -OCH3 is 4. The van der Waals surface area contributed by atoms with Crippen molar-refractivity contribution in [1.29, 1.82) is 0 Å². The fraction of sp³-hybridized carbons (Fsp3) is 0.154. The van der Waals surface area contributed by atoms with Crippen molar-refractivity contribution in [2.75, 3.05) is 28.4 Å². The highest BCUT2D eigenvalue weighted by Gasteiger charge is 2.25. The predicted molar refractivity (Wildman–Crippen MR) is 125 cm³/mol. The molecule has 0 atom stereocenters. The first-order chi connectivity index (χ1) is 16.7. The number of phenols is 1. The van der Waals surface area contributed by atoms with Gasteiger partial charge in [0.25, 0.3) is 0 Å². The van der Waals surface area contributed by atoms with Crippen LogP contribution in [0.5, 0.6) is 28.7 Å². The summed E-state index contributed by atoms with van der Waals surface area (Å²) in [4.78, 5) is 51.3. The number of benzene rings is 3. The maximum atomic E-state index is 12.9. The number of Topliss-reactive ketones (excluding diaryl/α,β-unsaturated/α-hetero) is 4. The van der Waals surface area contributed by atoms with Crippen LogP contribution < -0.4 is 18.9 Å². The molecular formula is C26H22O9. The molecule has 1 N–H and O–H groups in total. The number of carbonyl (C=O) groups excluding carboxylic acids is 4. The average molecular weight is 478 g/mol. The van der Waals surface area contributed by atoms with Gasteiger partial charge in [0.2, 0.25) is 23.1 Å². The molecular weight excluding hydrogens is 456 g/mol. The molecule has 3 aromatic rings. The second-order valence-electron chi connectivity index (χ2n) is 7.22. The van der Waals surface area contributed by atoms with E-state index in [9.17, 15) is 24.3 Å². The van der Waals surface area contributed by atoms with E-state index in [0.29, 0.717) is 11.5 Å². The summed E-state index contributed by atoms with van der Waals surface area (Å²) in [5, 5.41) is 10.1. The number of hydrogen-bond acceptors (Lipinski definition) is 9. The zero-order chi connectivity index (χ0) is 25.7. The first-order valence-corrected chi connectivity index (χ1v) is 10.2. The minimum Gasteiger partial charge on any atom is -0.508 e. The van der Waals surface area contributed by atoms with Gasteiger partial charge in [0, 0.05) is 22.3 Å². The van der Waals surface area contributed by atoms with E-state index in [0.717, 1.165) is 18.2 Å². The summed E-state index contributed by atoms with van der Waals surface area (Å²) in [6.07, 6.45) is 0. The van der Waals surface area contributed by atoms with Gasteiger partial charge in [-0.1, -0.05) is 0 Å². The third kappa shape index (κ3) is 5.14. The molecule has 3 rings (SSSR count). The van der Waals surface area contributed by atoms with Crippen molar-refractivity contribution in [3.8, 4) is 28.7 Å². The van der Waals surface area contributed by atoms with Crippen LogP contribution >= 0.6 is 0 Å². The van der Waals surface area contributed by atoms with Gasteiger partial charge in [-0.25, -0.2) is 0 Å². The Morgan fingerprint density at radius 3 is 1.17 bits per heavy atom. The predicted octanol–water partition coefficient (Wildman–Crippen LogP) is 3.56. The van der Waals surface area contributed by atoms with E-state index in [1.807, 2.05) is 0 Å². The number of rotatable bonds is 10. The molecule has 35 heavy (non-hydrogen) atoms. The van der Waals surface area contributed by atoms with Crippen LogP contribution in [0.15, 0.2) is 54.6 Å². The van der Waals surface area contributed by atoms with Crippen molar-refractivity contribution >= 4 is 23.1 Å². The SMILES string of the molecule is COc1ccc(C(=O)C(=O)c2cc(O)cc(C(=O)C(=O)c3ccc(OC)c(OC)c3)c2)cc1OC. The largest absolute Gasteiger partial charge is 0.508 e. The molecule has 3 aromatic carbocycles. The van der Waals surface area contributed by atoms with E-state index in [4.69, 9.17) is 18.9 Å². The lowest BCUT2D eigenvalue weighted by Crippen LogP contribution is -2.18. The highest BCUT2D eigenvalue weighted by Crippen LogP contribution is 2.30. The topological polar surface area (TPSA) is 125 Å². The zero-order valence-electron chi connectivity index (χ0n) is 19.4. The summed E-state index contributed by atoms with van der Waals surface area (Å²) in [5.41, 5.74) is -0.475. The molecule has 0 aromatic heterocycles. The van der Waals surface area contributed by atoms with Gasteiger partial charge in [-0.05, 0) is 54.6 Å². The van der Waals surface area contributed by atoms with Crippen LogP contribution in [0.4, 0.5) is 0 Å². The van der Waals surface area contributed by atoms with E-state index in [2.05, 4.69) is 0 Å². The molecule has 0 aliphatic carbocycles. The van der Waals surface area contributed by atoms with E-state index in [1.54, 1.807) is 0 Å². The quantitative estimate of drug-likeness (QED) is 0.344. The summed E-state index contributed by atoms with van der Waals surface area (Å²) in [5.74, 6) is -2.99. The van der Waals surface area contributed by atoms with Crippen molar-refractivity contribution in [1.82, 2.24) is 0 Å². The Kier molecular flexibility index (Phi) is 7.50. The van der Waals surface area contributed by atoms with Crippen molar-refractivity contribution in [2.45, 2.75) is 0 Å². The fourth-order valence-corrected chi connectivity index (χ4v) is 3.35. The van der Waals surface area contributed by atoms with Gasteiger partial charge in [0.1, 0.15) is 5.75 Å². The van der Waals surface area contributed by atoms with Crippen molar-refractivity contribution in [2.24, 2.45) is 0 Å². The molecule has 0 radical (unpaired) electrons. The summed E-state index contributed by atoms with van der Waals surface area (Å²) in [6, 6.07) is 11.6. The number of ether oxygens (including phenoxy) is 4. The normalized spacial score (nSPS) is 10.3. The standard InChI is InChI=1S/C26H22O9/c1-32-19-7-5-14(12-21(19)34-3)23(28)25(30)16-9-17(11-18(27)10-16)26(31)24(29)15-6-8-20(33-2)22(13-15)35-4/h5-13,27H,1-4H3. The average Bonchev–Trinajstić information content (AvgIpc) is 2.89. The molecule has 9 nitrogen and oxygen atoms in total. The number of carbonyl (C=O) groups is 4. The van der Waals surface area contributed by atoms with E-state index < -0.39 is 28.9 Å². The van der Waals surface area contributed by atoms with Gasteiger partial charge in [-0.3, -0.25) is 19.2 Å². The van der Waals surface area contributed by atoms with E-state index in [1.165, 1.54) is 64.8 Å². The van der Waals surface area contributed by atoms with Crippen molar-refractivity contribution in [3.05, 3.63) is 76.9 Å². The minimum absolute atomic E-state index is 0.0188. The van der Waals surface area contributed by atoms with Crippen LogP contribution in [0.25, 0.3) is 0 Å². The Balaban J connectivity index is 1.92. The summed E-state index contributed by atoms with van der Waals surface area (Å²) in [6.45, 7) is 0. The highest BCUT2D eigenvalue weighted by molar-refractivity contribution is 6.51. The molecule has 0 unspecified atom stereocenters. The Hall–Kier alpha value is -4.66. The second-order valence-corrected chi connectivity index (χ2v) is 7.22. The summed E-state index contributed by atoms with van der Waals surface area (Å²) >= 11 is 0. The Bertz CT molecular complexity index is 1230. The van der Waals surface area contributed by atoms with Crippen LogP contribution in [0.1, 0.15) is 41.4 Å². The molecule has 0 aliphatic rings. The highest BCUT2D eigenvalue weighted by atomic mass is 16.5. The van der Waals surface area contributed by atoms with Gasteiger partial charge < -0.3 is 24.1 Å². The molecule has 0 fully saturated rings. The van der Waals surface area contributed by atoms with Crippen LogP contribution in [-0.4, -0.2) is 56.7 Å². The molecule has 9 heteroatoms. The number of ketones is 4. The molecule has 0 heterocycles. The van der Waals surface area contributed by atoms with Gasteiger partial charge in [0.15, 0.2) is 23.0 Å². The van der Waals surface area contributed by atoms with Gasteiger partial charge in [0.05, 0.1) is 28.4 Å². The third-order valence-electron chi connectivity index (χ3n) is 5.15. The van der Waals surface area contributed by atoms with Crippen molar-refractivity contribution < 1.29 is 43.2 Å². The van der Waals surface area contributed by atoms with Crippen LogP contribution in [0.3, 0.4) is 0 Å². The molecule has 0 aliphatic heterocycles.